The molecule has 0 spiro atoms. The molecule has 4 rings (SSSR count). The first-order chi connectivity index (χ1) is 17.7. The van der Waals surface area contributed by atoms with Crippen LogP contribution in [0.4, 0.5) is 4.79 Å². The van der Waals surface area contributed by atoms with Gasteiger partial charge in [0.05, 0.1) is 19.8 Å². The average molecular weight is 512 g/mol. The number of hydrogen-bond acceptors (Lipinski definition) is 7. The third kappa shape index (κ3) is 7.38. The Morgan fingerprint density at radius 3 is 2.41 bits per heavy atom. The summed E-state index contributed by atoms with van der Waals surface area (Å²) >= 11 is 0. The zero-order valence-electron chi connectivity index (χ0n) is 22.2. The van der Waals surface area contributed by atoms with Gasteiger partial charge >= 0.3 is 12.1 Å². The number of fused-ring (bicyclic) bond motifs is 1. The van der Waals surface area contributed by atoms with Crippen molar-refractivity contribution in [1.82, 2.24) is 4.90 Å². The average Bonchev–Trinajstić information content (AvgIpc) is 2.87. The molecule has 0 aromatic heterocycles. The molecule has 2 heterocycles. The van der Waals surface area contributed by atoms with Gasteiger partial charge in [-0.3, -0.25) is 0 Å². The maximum absolute atomic E-state index is 12.9. The van der Waals surface area contributed by atoms with Gasteiger partial charge in [-0.1, -0.05) is 18.2 Å². The molecular formula is C29H37NO7. The highest BCUT2D eigenvalue weighted by atomic mass is 16.6. The lowest BCUT2D eigenvalue weighted by molar-refractivity contribution is -0.151. The van der Waals surface area contributed by atoms with Gasteiger partial charge in [0.15, 0.2) is 0 Å². The number of esters is 1. The van der Waals surface area contributed by atoms with Gasteiger partial charge in [0, 0.05) is 31.5 Å². The van der Waals surface area contributed by atoms with Crippen LogP contribution >= 0.6 is 0 Å². The fourth-order valence-electron chi connectivity index (χ4n) is 4.40. The largest absolute Gasteiger partial charge is 0.490 e. The van der Waals surface area contributed by atoms with Gasteiger partial charge in [-0.2, -0.15) is 0 Å². The van der Waals surface area contributed by atoms with Crippen molar-refractivity contribution in [3.8, 4) is 11.5 Å². The molecule has 1 fully saturated rings. The Hall–Kier alpha value is -3.26. The fraction of sp³-hybridized carbons (Fsp3) is 0.517. The maximum atomic E-state index is 12.9. The molecule has 37 heavy (non-hydrogen) atoms. The van der Waals surface area contributed by atoms with Crippen molar-refractivity contribution in [2.24, 2.45) is 0 Å². The van der Waals surface area contributed by atoms with Crippen LogP contribution in [-0.2, 0) is 32.0 Å². The number of nitrogens with zero attached hydrogens (tertiary/aromatic N) is 1. The molecule has 8 nitrogen and oxygen atoms in total. The van der Waals surface area contributed by atoms with Crippen LogP contribution < -0.4 is 9.47 Å². The first-order valence-corrected chi connectivity index (χ1v) is 13.0. The highest BCUT2D eigenvalue weighted by Crippen LogP contribution is 2.30. The van der Waals surface area contributed by atoms with E-state index in [1.54, 1.807) is 11.8 Å². The summed E-state index contributed by atoms with van der Waals surface area (Å²) in [5, 5.41) is 0. The van der Waals surface area contributed by atoms with Crippen molar-refractivity contribution >= 4 is 12.1 Å². The number of rotatable bonds is 7. The summed E-state index contributed by atoms with van der Waals surface area (Å²) in [6.07, 6.45) is 1.31. The lowest BCUT2D eigenvalue weighted by Gasteiger charge is -2.31. The van der Waals surface area contributed by atoms with E-state index in [0.717, 1.165) is 36.1 Å². The summed E-state index contributed by atoms with van der Waals surface area (Å²) in [7, 11) is 0. The number of ether oxygens (including phenoxy) is 5. The van der Waals surface area contributed by atoms with Crippen LogP contribution in [0.1, 0.15) is 63.3 Å². The molecule has 0 bridgehead atoms. The number of amides is 1. The predicted octanol–water partition coefficient (Wildman–Crippen LogP) is 5.22. The predicted molar refractivity (Wildman–Crippen MR) is 138 cm³/mol. The van der Waals surface area contributed by atoms with E-state index >= 15 is 0 Å². The van der Waals surface area contributed by atoms with Crippen molar-refractivity contribution < 1.29 is 33.3 Å². The second-order valence-corrected chi connectivity index (χ2v) is 10.3. The van der Waals surface area contributed by atoms with Crippen LogP contribution in [0.25, 0.3) is 0 Å². The van der Waals surface area contributed by atoms with Gasteiger partial charge in [-0.15, -0.1) is 0 Å². The highest BCUT2D eigenvalue weighted by Gasteiger charge is 2.28. The van der Waals surface area contributed by atoms with Crippen LogP contribution in [0.3, 0.4) is 0 Å². The van der Waals surface area contributed by atoms with E-state index in [2.05, 4.69) is 0 Å². The molecule has 1 atom stereocenters. The smallest absolute Gasteiger partial charge is 0.410 e. The summed E-state index contributed by atoms with van der Waals surface area (Å²) in [5.74, 6) is 0.813. The standard InChI is InChI=1S/C29H37NO7/c1-5-34-27(31)26(21-7-9-23(10-8-21)35-24-13-16-33-17-14-24)36-25-11-6-20-12-15-30(19-22(20)18-25)28(32)37-29(2,3)4/h6-11,18,24,26H,5,12-17,19H2,1-4H3. The van der Waals surface area contributed by atoms with Gasteiger partial charge in [0.1, 0.15) is 23.2 Å². The van der Waals surface area contributed by atoms with Gasteiger partial charge in [0.25, 0.3) is 0 Å². The second kappa shape index (κ2) is 11.9. The summed E-state index contributed by atoms with van der Waals surface area (Å²) in [6.45, 7) is 10.0. The molecule has 2 aliphatic rings. The van der Waals surface area contributed by atoms with E-state index in [0.29, 0.717) is 37.6 Å². The van der Waals surface area contributed by atoms with Gasteiger partial charge < -0.3 is 28.6 Å². The first-order valence-electron chi connectivity index (χ1n) is 13.0. The number of carbonyl (C=O) groups is 2. The zero-order chi connectivity index (χ0) is 26.4. The summed E-state index contributed by atoms with van der Waals surface area (Å²) < 4.78 is 28.5. The molecule has 2 aromatic carbocycles. The van der Waals surface area contributed by atoms with E-state index in [-0.39, 0.29) is 18.8 Å². The molecular weight excluding hydrogens is 474 g/mol. The Bertz CT molecular complexity index is 1070. The maximum Gasteiger partial charge on any atom is 0.410 e. The molecule has 2 aliphatic heterocycles. The molecule has 0 aliphatic carbocycles. The minimum absolute atomic E-state index is 0.132. The quantitative estimate of drug-likeness (QED) is 0.471. The Morgan fingerprint density at radius 2 is 1.73 bits per heavy atom. The van der Waals surface area contributed by atoms with E-state index in [9.17, 15) is 9.59 Å². The first kappa shape index (κ1) is 26.8. The van der Waals surface area contributed by atoms with Gasteiger partial charge in [-0.25, -0.2) is 9.59 Å². The second-order valence-electron chi connectivity index (χ2n) is 10.3. The van der Waals surface area contributed by atoms with Crippen LogP contribution in [0.15, 0.2) is 42.5 Å². The monoisotopic (exact) mass is 511 g/mol. The Balaban J connectivity index is 1.48. The lowest BCUT2D eigenvalue weighted by Crippen LogP contribution is -2.39. The minimum Gasteiger partial charge on any atom is -0.490 e. The lowest BCUT2D eigenvalue weighted by atomic mass is 9.99. The number of hydrogen-bond donors (Lipinski definition) is 0. The third-order valence-electron chi connectivity index (χ3n) is 6.25. The summed E-state index contributed by atoms with van der Waals surface area (Å²) in [5.41, 5.74) is 2.23. The van der Waals surface area contributed by atoms with E-state index in [4.69, 9.17) is 23.7 Å². The molecule has 2 aromatic rings. The Morgan fingerprint density at radius 1 is 1.03 bits per heavy atom. The molecule has 0 radical (unpaired) electrons. The fourth-order valence-corrected chi connectivity index (χ4v) is 4.40. The molecule has 0 saturated carbocycles. The van der Waals surface area contributed by atoms with Crippen molar-refractivity contribution in [1.29, 1.82) is 0 Å². The highest BCUT2D eigenvalue weighted by molar-refractivity contribution is 5.77. The van der Waals surface area contributed by atoms with Gasteiger partial charge in [0.2, 0.25) is 6.10 Å². The molecule has 1 amide bonds. The molecule has 0 N–H and O–H groups in total. The van der Waals surface area contributed by atoms with E-state index in [1.165, 1.54) is 0 Å². The Kier molecular flexibility index (Phi) is 8.59. The van der Waals surface area contributed by atoms with Gasteiger partial charge in [-0.05, 0) is 69.5 Å². The molecule has 1 unspecified atom stereocenters. The van der Waals surface area contributed by atoms with Crippen LogP contribution in [0, 0.1) is 0 Å². The minimum atomic E-state index is -0.930. The topological polar surface area (TPSA) is 83.5 Å². The number of benzene rings is 2. The van der Waals surface area contributed by atoms with Crippen molar-refractivity contribution in [3.05, 3.63) is 59.2 Å². The molecule has 1 saturated heterocycles. The normalized spacial score (nSPS) is 16.9. The summed E-state index contributed by atoms with van der Waals surface area (Å²) in [4.78, 5) is 27.1. The SMILES string of the molecule is CCOC(=O)C(Oc1ccc2c(c1)CN(C(=O)OC(C)(C)C)CC2)c1ccc(OC2CCOCC2)cc1. The number of carbonyl (C=O) groups excluding carboxylic acids is 2. The van der Waals surface area contributed by atoms with Crippen molar-refractivity contribution in [2.75, 3.05) is 26.4 Å². The van der Waals surface area contributed by atoms with Crippen LogP contribution in [0.2, 0.25) is 0 Å². The van der Waals surface area contributed by atoms with Crippen molar-refractivity contribution in [3.63, 3.8) is 0 Å². The zero-order valence-corrected chi connectivity index (χ0v) is 22.2. The van der Waals surface area contributed by atoms with Crippen molar-refractivity contribution in [2.45, 2.75) is 71.3 Å². The molecule has 8 heteroatoms. The van der Waals surface area contributed by atoms with E-state index in [1.807, 2.05) is 63.2 Å². The van der Waals surface area contributed by atoms with Crippen LogP contribution in [0.5, 0.6) is 11.5 Å². The van der Waals surface area contributed by atoms with Crippen LogP contribution in [-0.4, -0.2) is 55.0 Å². The Labute approximate surface area is 218 Å². The third-order valence-corrected chi connectivity index (χ3v) is 6.25. The summed E-state index contributed by atoms with van der Waals surface area (Å²) in [6, 6.07) is 13.1. The molecule has 200 valence electrons. The van der Waals surface area contributed by atoms with E-state index < -0.39 is 17.7 Å².